The van der Waals surface area contributed by atoms with Crippen LogP contribution >= 0.6 is 0 Å². The molecule has 1 N–H and O–H groups in total. The maximum atomic E-state index is 12.9. The van der Waals surface area contributed by atoms with Gasteiger partial charge in [0.25, 0.3) is 0 Å². The summed E-state index contributed by atoms with van der Waals surface area (Å²) in [5.74, 6) is 4.04. The molecule has 1 aromatic carbocycles. The first-order valence-electron chi connectivity index (χ1n) is 9.44. The van der Waals surface area contributed by atoms with E-state index < -0.39 is 0 Å². The van der Waals surface area contributed by atoms with Crippen molar-refractivity contribution in [3.63, 3.8) is 0 Å². The average Bonchev–Trinajstić information content (AvgIpc) is 2.62. The van der Waals surface area contributed by atoms with Crippen molar-refractivity contribution < 1.29 is 4.79 Å². The Labute approximate surface area is 148 Å². The molecule has 25 heavy (non-hydrogen) atoms. The molecule has 2 aromatic rings. The number of hydrogen-bond donors (Lipinski definition) is 1. The van der Waals surface area contributed by atoms with Gasteiger partial charge in [-0.3, -0.25) is 4.79 Å². The van der Waals surface area contributed by atoms with Gasteiger partial charge in [0.2, 0.25) is 5.91 Å². The summed E-state index contributed by atoms with van der Waals surface area (Å²) >= 11 is 0. The number of anilines is 1. The highest BCUT2D eigenvalue weighted by Gasteiger charge is 2.50. The minimum Gasteiger partial charge on any atom is -0.323 e. The van der Waals surface area contributed by atoms with Gasteiger partial charge in [0.05, 0.1) is 18.1 Å². The number of nitrogens with zero attached hydrogens (tertiary/aromatic N) is 2. The zero-order valence-electron chi connectivity index (χ0n) is 14.3. The minimum atomic E-state index is 0.185. The van der Waals surface area contributed by atoms with Crippen LogP contribution in [0.25, 0.3) is 11.4 Å². The fraction of sp³-hybridized carbons (Fsp3) is 0.476. The van der Waals surface area contributed by atoms with E-state index in [4.69, 9.17) is 0 Å². The van der Waals surface area contributed by atoms with Crippen molar-refractivity contribution in [3.05, 3.63) is 42.7 Å². The predicted octanol–water partition coefficient (Wildman–Crippen LogP) is 4.15. The smallest absolute Gasteiger partial charge is 0.228 e. The van der Waals surface area contributed by atoms with E-state index in [9.17, 15) is 4.79 Å². The molecule has 4 aliphatic carbocycles. The first-order valence-corrected chi connectivity index (χ1v) is 9.44. The monoisotopic (exact) mass is 333 g/mol. The molecule has 4 heteroatoms. The number of nitrogens with one attached hydrogen (secondary N) is 1. The Morgan fingerprint density at radius 2 is 1.48 bits per heavy atom. The summed E-state index contributed by atoms with van der Waals surface area (Å²) in [6.45, 7) is 0. The lowest BCUT2D eigenvalue weighted by Crippen LogP contribution is -2.49. The number of aromatic nitrogens is 2. The lowest BCUT2D eigenvalue weighted by Gasteiger charge is -2.53. The van der Waals surface area contributed by atoms with Gasteiger partial charge in [-0.2, -0.15) is 0 Å². The van der Waals surface area contributed by atoms with Gasteiger partial charge in [0.1, 0.15) is 0 Å². The SMILES string of the molecule is O=C(Nc1cnc(-c2ccccc2)nc1)C1C2CC3CC(C2)CC1C3. The predicted molar refractivity (Wildman–Crippen MR) is 96.6 cm³/mol. The average molecular weight is 333 g/mol. The molecule has 0 unspecified atom stereocenters. The Bertz CT molecular complexity index is 743. The van der Waals surface area contributed by atoms with Gasteiger partial charge in [0.15, 0.2) is 5.82 Å². The highest BCUT2D eigenvalue weighted by molar-refractivity contribution is 5.93. The summed E-state index contributed by atoms with van der Waals surface area (Å²) in [5, 5.41) is 3.08. The number of carbonyl (C=O) groups is 1. The number of hydrogen-bond acceptors (Lipinski definition) is 3. The minimum absolute atomic E-state index is 0.185. The lowest BCUT2D eigenvalue weighted by atomic mass is 9.51. The van der Waals surface area contributed by atoms with Crippen molar-refractivity contribution in [1.29, 1.82) is 0 Å². The zero-order chi connectivity index (χ0) is 16.8. The molecule has 0 aliphatic heterocycles. The van der Waals surface area contributed by atoms with Crippen LogP contribution in [0.5, 0.6) is 0 Å². The van der Waals surface area contributed by atoms with Crippen molar-refractivity contribution in [1.82, 2.24) is 9.97 Å². The van der Waals surface area contributed by atoms with Crippen molar-refractivity contribution in [2.45, 2.75) is 32.1 Å². The van der Waals surface area contributed by atoms with E-state index >= 15 is 0 Å². The summed E-state index contributed by atoms with van der Waals surface area (Å²) < 4.78 is 0. The van der Waals surface area contributed by atoms with E-state index in [2.05, 4.69) is 15.3 Å². The number of carbonyl (C=O) groups excluding carboxylic acids is 1. The Kier molecular flexibility index (Phi) is 3.58. The molecule has 0 atom stereocenters. The molecule has 1 heterocycles. The van der Waals surface area contributed by atoms with Crippen molar-refractivity contribution in [2.75, 3.05) is 5.32 Å². The van der Waals surface area contributed by atoms with Gasteiger partial charge in [-0.15, -0.1) is 0 Å². The summed E-state index contributed by atoms with van der Waals surface area (Å²) in [7, 11) is 0. The van der Waals surface area contributed by atoms with Gasteiger partial charge in [0, 0.05) is 11.5 Å². The fourth-order valence-electron chi connectivity index (χ4n) is 5.71. The first-order chi connectivity index (χ1) is 12.3. The molecule has 4 fully saturated rings. The lowest BCUT2D eigenvalue weighted by molar-refractivity contribution is -0.132. The third-order valence-corrected chi connectivity index (χ3v) is 6.48. The van der Waals surface area contributed by atoms with Crippen LogP contribution in [0, 0.1) is 29.6 Å². The fourth-order valence-corrected chi connectivity index (χ4v) is 5.71. The zero-order valence-corrected chi connectivity index (χ0v) is 14.3. The molecule has 4 aliphatic rings. The van der Waals surface area contributed by atoms with Crippen LogP contribution in [0.15, 0.2) is 42.7 Å². The third kappa shape index (κ3) is 2.74. The number of amides is 1. The molecule has 0 spiro atoms. The van der Waals surface area contributed by atoms with Crippen molar-refractivity contribution in [2.24, 2.45) is 29.6 Å². The highest BCUT2D eigenvalue weighted by Crippen LogP contribution is 2.56. The number of benzene rings is 1. The molecule has 0 radical (unpaired) electrons. The summed E-state index contributed by atoms with van der Waals surface area (Å²) in [6, 6.07) is 9.90. The van der Waals surface area contributed by atoms with Gasteiger partial charge in [-0.25, -0.2) is 9.97 Å². The molecule has 0 saturated heterocycles. The van der Waals surface area contributed by atoms with Gasteiger partial charge < -0.3 is 5.32 Å². The van der Waals surface area contributed by atoms with Gasteiger partial charge >= 0.3 is 0 Å². The van der Waals surface area contributed by atoms with Gasteiger partial charge in [-0.1, -0.05) is 30.3 Å². The quantitative estimate of drug-likeness (QED) is 0.918. The second-order valence-electron chi connectivity index (χ2n) is 8.11. The third-order valence-electron chi connectivity index (χ3n) is 6.48. The maximum absolute atomic E-state index is 12.9. The molecular formula is C21H23N3O. The molecular weight excluding hydrogens is 310 g/mol. The topological polar surface area (TPSA) is 54.9 Å². The van der Waals surface area contributed by atoms with Gasteiger partial charge in [-0.05, 0) is 55.8 Å². The Morgan fingerprint density at radius 1 is 0.880 bits per heavy atom. The number of rotatable bonds is 3. The second-order valence-corrected chi connectivity index (χ2v) is 8.11. The standard InChI is InChI=1S/C21H23N3O/c25-21(19-16-7-13-6-14(9-16)10-17(19)8-13)24-18-11-22-20(23-12-18)15-4-2-1-3-5-15/h1-5,11-14,16-17,19H,6-10H2,(H,24,25). The van der Waals surface area contributed by atoms with E-state index in [1.165, 1.54) is 32.1 Å². The molecule has 4 bridgehead atoms. The van der Waals surface area contributed by atoms with E-state index in [-0.39, 0.29) is 11.8 Å². The maximum Gasteiger partial charge on any atom is 0.228 e. The van der Waals surface area contributed by atoms with E-state index in [0.717, 1.165) is 17.4 Å². The van der Waals surface area contributed by atoms with Crippen LogP contribution in [0.1, 0.15) is 32.1 Å². The molecule has 4 saturated carbocycles. The Hall–Kier alpha value is -2.23. The molecule has 1 aromatic heterocycles. The Morgan fingerprint density at radius 3 is 2.08 bits per heavy atom. The van der Waals surface area contributed by atoms with Crippen LogP contribution in [0.4, 0.5) is 5.69 Å². The van der Waals surface area contributed by atoms with Crippen LogP contribution in [0.3, 0.4) is 0 Å². The van der Waals surface area contributed by atoms with E-state index in [0.29, 0.717) is 23.3 Å². The Balaban J connectivity index is 1.30. The second kappa shape index (κ2) is 5.94. The summed E-state index contributed by atoms with van der Waals surface area (Å²) in [6.07, 6.45) is 9.90. The highest BCUT2D eigenvalue weighted by atomic mass is 16.1. The van der Waals surface area contributed by atoms with E-state index in [1.54, 1.807) is 12.4 Å². The van der Waals surface area contributed by atoms with Crippen molar-refractivity contribution >= 4 is 11.6 Å². The van der Waals surface area contributed by atoms with Crippen LogP contribution in [0.2, 0.25) is 0 Å². The molecule has 6 rings (SSSR count). The van der Waals surface area contributed by atoms with Crippen LogP contribution in [-0.4, -0.2) is 15.9 Å². The summed E-state index contributed by atoms with van der Waals surface area (Å²) in [5.41, 5.74) is 1.69. The van der Waals surface area contributed by atoms with E-state index in [1.807, 2.05) is 30.3 Å². The summed E-state index contributed by atoms with van der Waals surface area (Å²) in [4.78, 5) is 21.7. The van der Waals surface area contributed by atoms with Crippen LogP contribution in [-0.2, 0) is 4.79 Å². The first kappa shape index (κ1) is 15.1. The molecule has 4 nitrogen and oxygen atoms in total. The van der Waals surface area contributed by atoms with Crippen LogP contribution < -0.4 is 5.32 Å². The normalized spacial score (nSPS) is 32.6. The molecule has 128 valence electrons. The molecule has 1 amide bonds. The largest absolute Gasteiger partial charge is 0.323 e. The van der Waals surface area contributed by atoms with Crippen molar-refractivity contribution in [3.8, 4) is 11.4 Å².